The van der Waals surface area contributed by atoms with Gasteiger partial charge < -0.3 is 10.8 Å². The van der Waals surface area contributed by atoms with Gasteiger partial charge in [-0.2, -0.15) is 0 Å². The maximum Gasteiger partial charge on any atom is 0.308 e. The Bertz CT molecular complexity index is 396. The Morgan fingerprint density at radius 2 is 2.12 bits per heavy atom. The van der Waals surface area contributed by atoms with Crippen molar-refractivity contribution in [1.29, 1.82) is 0 Å². The fourth-order valence-electron chi connectivity index (χ4n) is 1.57. The molecule has 0 saturated heterocycles. The summed E-state index contributed by atoms with van der Waals surface area (Å²) in [7, 11) is 0. The molecule has 0 aliphatic heterocycles. The largest absolute Gasteiger partial charge is 0.481 e. The molecule has 0 amide bonds. The molecule has 0 aliphatic carbocycles. The molecule has 1 aromatic carbocycles. The van der Waals surface area contributed by atoms with Gasteiger partial charge in [0.05, 0.1) is 5.92 Å². The quantitative estimate of drug-likeness (QED) is 0.830. The molecule has 2 atom stereocenters. The number of carboxylic acids is 1. The van der Waals surface area contributed by atoms with Crippen LogP contribution in [0.1, 0.15) is 24.9 Å². The zero-order valence-corrected chi connectivity index (χ0v) is 8.78. The second kappa shape index (κ2) is 5.03. The van der Waals surface area contributed by atoms with Crippen LogP contribution in [0.4, 0.5) is 8.78 Å². The van der Waals surface area contributed by atoms with Gasteiger partial charge in [0, 0.05) is 17.7 Å². The predicted molar refractivity (Wildman–Crippen MR) is 54.7 cm³/mol. The number of halogens is 2. The minimum Gasteiger partial charge on any atom is -0.481 e. The van der Waals surface area contributed by atoms with Crippen molar-refractivity contribution in [3.8, 4) is 0 Å². The topological polar surface area (TPSA) is 63.3 Å². The molecule has 3 nitrogen and oxygen atoms in total. The van der Waals surface area contributed by atoms with Crippen LogP contribution in [-0.2, 0) is 4.79 Å². The summed E-state index contributed by atoms with van der Waals surface area (Å²) in [6.45, 7) is 1.65. The molecule has 0 radical (unpaired) electrons. The first-order chi connectivity index (χ1) is 7.47. The number of aliphatic carboxylic acids is 1. The molecule has 1 rings (SSSR count). The van der Waals surface area contributed by atoms with E-state index in [1.165, 1.54) is 6.07 Å². The van der Waals surface area contributed by atoms with Gasteiger partial charge in [0.1, 0.15) is 11.6 Å². The normalized spacial score (nSPS) is 14.5. The number of benzene rings is 1. The van der Waals surface area contributed by atoms with E-state index < -0.39 is 29.6 Å². The third-order valence-corrected chi connectivity index (χ3v) is 2.51. The highest BCUT2D eigenvalue weighted by molar-refractivity contribution is 5.71. The molecule has 0 heterocycles. The fraction of sp³-hybridized carbons (Fsp3) is 0.364. The smallest absolute Gasteiger partial charge is 0.308 e. The summed E-state index contributed by atoms with van der Waals surface area (Å²) in [5, 5.41) is 8.87. The second-order valence-electron chi connectivity index (χ2n) is 3.54. The monoisotopic (exact) mass is 229 g/mol. The average molecular weight is 229 g/mol. The maximum atomic E-state index is 13.3. The molecule has 0 bridgehead atoms. The van der Waals surface area contributed by atoms with Crippen LogP contribution in [0.15, 0.2) is 18.2 Å². The van der Waals surface area contributed by atoms with E-state index in [4.69, 9.17) is 10.8 Å². The first-order valence-electron chi connectivity index (χ1n) is 4.90. The van der Waals surface area contributed by atoms with Gasteiger partial charge in [-0.3, -0.25) is 4.79 Å². The van der Waals surface area contributed by atoms with E-state index in [1.807, 2.05) is 0 Å². The highest BCUT2D eigenvalue weighted by Gasteiger charge is 2.26. The number of hydrogen-bond acceptors (Lipinski definition) is 2. The number of rotatable bonds is 4. The van der Waals surface area contributed by atoms with Crippen molar-refractivity contribution in [3.05, 3.63) is 35.4 Å². The molecule has 1 unspecified atom stereocenters. The molecule has 0 aromatic heterocycles. The standard InChI is InChI=1S/C11H13F2NO2/c1-2-7(11(15)16)10(14)8-4-3-6(12)5-9(8)13/h3-5,7,10H,2,14H2,1H3,(H,15,16)/t7?,10-/m1/s1. The van der Waals surface area contributed by atoms with Crippen molar-refractivity contribution in [2.24, 2.45) is 11.7 Å². The third kappa shape index (κ3) is 2.55. The summed E-state index contributed by atoms with van der Waals surface area (Å²) in [6.07, 6.45) is 0.285. The third-order valence-electron chi connectivity index (χ3n) is 2.51. The number of hydrogen-bond donors (Lipinski definition) is 2. The summed E-state index contributed by atoms with van der Waals surface area (Å²) in [4.78, 5) is 10.8. The summed E-state index contributed by atoms with van der Waals surface area (Å²) >= 11 is 0. The molecule has 16 heavy (non-hydrogen) atoms. The van der Waals surface area contributed by atoms with Gasteiger partial charge in [0.15, 0.2) is 0 Å². The molecule has 0 aliphatic rings. The molecule has 0 spiro atoms. The van der Waals surface area contributed by atoms with Gasteiger partial charge in [0.2, 0.25) is 0 Å². The van der Waals surface area contributed by atoms with Gasteiger partial charge in [-0.1, -0.05) is 13.0 Å². The zero-order valence-electron chi connectivity index (χ0n) is 8.78. The van der Waals surface area contributed by atoms with E-state index >= 15 is 0 Å². The highest BCUT2D eigenvalue weighted by atomic mass is 19.1. The lowest BCUT2D eigenvalue weighted by Crippen LogP contribution is -2.28. The summed E-state index contributed by atoms with van der Waals surface area (Å²) in [5.41, 5.74) is 5.68. The Kier molecular flexibility index (Phi) is 3.95. The number of carboxylic acid groups (broad SMARTS) is 1. The summed E-state index contributed by atoms with van der Waals surface area (Å²) in [6, 6.07) is 1.97. The zero-order chi connectivity index (χ0) is 12.3. The molecule has 0 saturated carbocycles. The fourth-order valence-corrected chi connectivity index (χ4v) is 1.57. The van der Waals surface area contributed by atoms with Crippen LogP contribution in [-0.4, -0.2) is 11.1 Å². The van der Waals surface area contributed by atoms with E-state index in [9.17, 15) is 13.6 Å². The lowest BCUT2D eigenvalue weighted by atomic mass is 9.91. The van der Waals surface area contributed by atoms with E-state index in [-0.39, 0.29) is 12.0 Å². The maximum absolute atomic E-state index is 13.3. The van der Waals surface area contributed by atoms with Crippen molar-refractivity contribution in [1.82, 2.24) is 0 Å². The van der Waals surface area contributed by atoms with Crippen LogP contribution in [0.25, 0.3) is 0 Å². The van der Waals surface area contributed by atoms with Gasteiger partial charge in [-0.15, -0.1) is 0 Å². The molecule has 0 fully saturated rings. The van der Waals surface area contributed by atoms with Gasteiger partial charge in [-0.05, 0) is 12.5 Å². The molecule has 3 N–H and O–H groups in total. The van der Waals surface area contributed by atoms with Crippen LogP contribution in [0.3, 0.4) is 0 Å². The predicted octanol–water partition coefficient (Wildman–Crippen LogP) is 2.08. The summed E-state index contributed by atoms with van der Waals surface area (Å²) < 4.78 is 26.0. The highest BCUT2D eigenvalue weighted by Crippen LogP contribution is 2.25. The van der Waals surface area contributed by atoms with E-state index in [2.05, 4.69) is 0 Å². The van der Waals surface area contributed by atoms with Crippen molar-refractivity contribution in [2.45, 2.75) is 19.4 Å². The van der Waals surface area contributed by atoms with Crippen molar-refractivity contribution < 1.29 is 18.7 Å². The van der Waals surface area contributed by atoms with Crippen molar-refractivity contribution in [3.63, 3.8) is 0 Å². The van der Waals surface area contributed by atoms with Gasteiger partial charge in [0.25, 0.3) is 0 Å². The molecule has 1 aromatic rings. The first kappa shape index (κ1) is 12.6. The molecular formula is C11H13F2NO2. The minimum absolute atomic E-state index is 0.0238. The van der Waals surface area contributed by atoms with Crippen LogP contribution in [0.2, 0.25) is 0 Å². The number of carbonyl (C=O) groups is 1. The van der Waals surface area contributed by atoms with E-state index in [0.717, 1.165) is 6.07 Å². The van der Waals surface area contributed by atoms with Crippen LogP contribution >= 0.6 is 0 Å². The molecule has 5 heteroatoms. The van der Waals surface area contributed by atoms with Crippen molar-refractivity contribution in [2.75, 3.05) is 0 Å². The Hall–Kier alpha value is -1.49. The van der Waals surface area contributed by atoms with Crippen LogP contribution in [0.5, 0.6) is 0 Å². The lowest BCUT2D eigenvalue weighted by Gasteiger charge is -2.19. The van der Waals surface area contributed by atoms with E-state index in [1.54, 1.807) is 6.92 Å². The first-order valence-corrected chi connectivity index (χ1v) is 4.90. The van der Waals surface area contributed by atoms with Gasteiger partial charge >= 0.3 is 5.97 Å². The summed E-state index contributed by atoms with van der Waals surface area (Å²) in [5.74, 6) is -3.48. The Morgan fingerprint density at radius 1 is 1.50 bits per heavy atom. The molecular weight excluding hydrogens is 216 g/mol. The van der Waals surface area contributed by atoms with E-state index in [0.29, 0.717) is 6.07 Å². The lowest BCUT2D eigenvalue weighted by molar-refractivity contribution is -0.142. The van der Waals surface area contributed by atoms with Crippen LogP contribution < -0.4 is 5.73 Å². The van der Waals surface area contributed by atoms with Crippen molar-refractivity contribution >= 4 is 5.97 Å². The Labute approximate surface area is 91.9 Å². The Balaban J connectivity index is 3.03. The average Bonchev–Trinajstić information content (AvgIpc) is 2.17. The number of nitrogens with two attached hydrogens (primary N) is 1. The van der Waals surface area contributed by atoms with Gasteiger partial charge in [-0.25, -0.2) is 8.78 Å². The Morgan fingerprint density at radius 3 is 2.56 bits per heavy atom. The SMILES string of the molecule is CCC(C(=O)O)[C@@H](N)c1ccc(F)cc1F. The minimum atomic E-state index is -1.08. The van der Waals surface area contributed by atoms with Crippen LogP contribution in [0, 0.1) is 17.6 Å². The second-order valence-corrected chi connectivity index (χ2v) is 3.54. The molecule has 88 valence electrons.